The number of fused-ring (bicyclic) bond motifs is 2. The number of aromatic nitrogens is 1. The predicted molar refractivity (Wildman–Crippen MR) is 102 cm³/mol. The van der Waals surface area contributed by atoms with E-state index in [2.05, 4.69) is 6.07 Å². The first-order valence-electron chi connectivity index (χ1n) is 8.60. The number of hydrogen-bond donors (Lipinski definition) is 0. The van der Waals surface area contributed by atoms with E-state index in [1.165, 1.54) is 21.8 Å². The molecular weight excluding hydrogens is 348 g/mol. The van der Waals surface area contributed by atoms with Gasteiger partial charge in [0, 0.05) is 13.6 Å². The number of aryl methyl sites for hydroxylation is 2. The molecule has 1 aliphatic rings. The van der Waals surface area contributed by atoms with Crippen molar-refractivity contribution in [1.82, 2.24) is 9.47 Å². The SMILES string of the molecule is Cn1c(=O)sc2cc(CCCCN3C(=O)c4ccccc4C3=O)ccc21. The fourth-order valence-electron chi connectivity index (χ4n) is 3.38. The summed E-state index contributed by atoms with van der Waals surface area (Å²) in [5, 5.41) is 0. The van der Waals surface area contributed by atoms with Crippen molar-refractivity contribution >= 4 is 33.4 Å². The topological polar surface area (TPSA) is 59.4 Å². The smallest absolute Gasteiger partial charge is 0.302 e. The summed E-state index contributed by atoms with van der Waals surface area (Å²) < 4.78 is 2.65. The maximum atomic E-state index is 12.3. The minimum Gasteiger partial charge on any atom is -0.302 e. The molecular formula is C20H18N2O3S. The molecule has 26 heavy (non-hydrogen) atoms. The third-order valence-electron chi connectivity index (χ3n) is 4.83. The second-order valence-electron chi connectivity index (χ2n) is 6.49. The summed E-state index contributed by atoms with van der Waals surface area (Å²) in [6.45, 7) is 0.438. The van der Waals surface area contributed by atoms with Gasteiger partial charge < -0.3 is 4.57 Å². The lowest BCUT2D eigenvalue weighted by Gasteiger charge is -2.13. The van der Waals surface area contributed by atoms with Gasteiger partial charge >= 0.3 is 4.87 Å². The molecule has 1 aromatic heterocycles. The van der Waals surface area contributed by atoms with E-state index in [4.69, 9.17) is 0 Å². The average Bonchev–Trinajstić information content (AvgIpc) is 3.07. The Labute approximate surface area is 154 Å². The van der Waals surface area contributed by atoms with Crippen LogP contribution in [-0.2, 0) is 13.5 Å². The first-order chi connectivity index (χ1) is 12.6. The second kappa shape index (κ2) is 6.53. The molecule has 0 spiro atoms. The van der Waals surface area contributed by atoms with E-state index in [-0.39, 0.29) is 16.7 Å². The highest BCUT2D eigenvalue weighted by atomic mass is 32.1. The van der Waals surface area contributed by atoms with Crippen molar-refractivity contribution in [3.8, 4) is 0 Å². The van der Waals surface area contributed by atoms with Crippen LogP contribution >= 0.6 is 11.3 Å². The number of benzene rings is 2. The number of imide groups is 1. The molecule has 0 N–H and O–H groups in total. The van der Waals surface area contributed by atoms with Crippen molar-refractivity contribution in [2.75, 3.05) is 6.54 Å². The van der Waals surface area contributed by atoms with Crippen molar-refractivity contribution in [2.45, 2.75) is 19.3 Å². The monoisotopic (exact) mass is 366 g/mol. The lowest BCUT2D eigenvalue weighted by atomic mass is 10.1. The van der Waals surface area contributed by atoms with Gasteiger partial charge in [0.05, 0.1) is 21.3 Å². The largest absolute Gasteiger partial charge is 0.307 e. The first-order valence-corrected chi connectivity index (χ1v) is 9.41. The normalized spacial score (nSPS) is 13.7. The number of amides is 2. The summed E-state index contributed by atoms with van der Waals surface area (Å²) in [6, 6.07) is 13.0. The standard InChI is InChI=1S/C20H18N2O3S/c1-21-16-10-9-13(12-17(16)26-20(21)25)6-4-5-11-22-18(23)14-7-2-3-8-15(14)19(22)24/h2-3,7-10,12H,4-6,11H2,1H3. The Bertz CT molecular complexity index is 1050. The molecule has 0 saturated carbocycles. The van der Waals surface area contributed by atoms with Gasteiger partial charge in [0.15, 0.2) is 0 Å². The zero-order valence-electron chi connectivity index (χ0n) is 14.4. The van der Waals surface area contributed by atoms with Gasteiger partial charge in [-0.2, -0.15) is 0 Å². The lowest BCUT2D eigenvalue weighted by molar-refractivity contribution is 0.0652. The molecule has 1 aliphatic heterocycles. The molecule has 2 heterocycles. The third-order valence-corrected chi connectivity index (χ3v) is 5.83. The Morgan fingerprint density at radius 2 is 1.62 bits per heavy atom. The molecule has 5 nitrogen and oxygen atoms in total. The quantitative estimate of drug-likeness (QED) is 0.515. The maximum Gasteiger partial charge on any atom is 0.307 e. The summed E-state index contributed by atoms with van der Waals surface area (Å²) >= 11 is 1.26. The Morgan fingerprint density at radius 3 is 2.31 bits per heavy atom. The van der Waals surface area contributed by atoms with Crippen LogP contribution in [0.1, 0.15) is 39.1 Å². The Kier molecular flexibility index (Phi) is 4.20. The van der Waals surface area contributed by atoms with Crippen LogP contribution in [0.2, 0.25) is 0 Å². The highest BCUT2D eigenvalue weighted by Crippen LogP contribution is 2.23. The fraction of sp³-hybridized carbons (Fsp3) is 0.250. The van der Waals surface area contributed by atoms with Crippen LogP contribution in [0.4, 0.5) is 0 Å². The van der Waals surface area contributed by atoms with Gasteiger partial charge in [0.1, 0.15) is 0 Å². The van der Waals surface area contributed by atoms with Crippen molar-refractivity contribution in [3.63, 3.8) is 0 Å². The number of hydrogen-bond acceptors (Lipinski definition) is 4. The summed E-state index contributed by atoms with van der Waals surface area (Å²) in [5.41, 5.74) is 3.13. The van der Waals surface area contributed by atoms with Gasteiger partial charge in [0.2, 0.25) is 0 Å². The Hall–Kier alpha value is -2.73. The average molecular weight is 366 g/mol. The van der Waals surface area contributed by atoms with Crippen LogP contribution in [0.3, 0.4) is 0 Å². The lowest BCUT2D eigenvalue weighted by Crippen LogP contribution is -2.30. The summed E-state index contributed by atoms with van der Waals surface area (Å²) in [5.74, 6) is -0.387. The van der Waals surface area contributed by atoms with Gasteiger partial charge in [-0.05, 0) is 49.1 Å². The van der Waals surface area contributed by atoms with Gasteiger partial charge in [-0.1, -0.05) is 29.5 Å². The number of thiazole rings is 1. The van der Waals surface area contributed by atoms with Crippen LogP contribution in [0, 0.1) is 0 Å². The third kappa shape index (κ3) is 2.76. The molecule has 0 saturated heterocycles. The van der Waals surface area contributed by atoms with Crippen molar-refractivity contribution in [3.05, 3.63) is 68.8 Å². The molecule has 6 heteroatoms. The van der Waals surface area contributed by atoms with E-state index in [9.17, 15) is 14.4 Å². The molecule has 2 aromatic carbocycles. The number of nitrogens with zero attached hydrogens (tertiary/aromatic N) is 2. The molecule has 0 fully saturated rings. The Morgan fingerprint density at radius 1 is 0.923 bits per heavy atom. The molecule has 0 bridgehead atoms. The first kappa shape index (κ1) is 16.7. The van der Waals surface area contributed by atoms with E-state index < -0.39 is 0 Å². The molecule has 0 aliphatic carbocycles. The van der Waals surface area contributed by atoms with Crippen LogP contribution in [0.25, 0.3) is 10.2 Å². The molecule has 4 rings (SSSR count). The molecule has 0 radical (unpaired) electrons. The zero-order chi connectivity index (χ0) is 18.3. The van der Waals surface area contributed by atoms with Crippen molar-refractivity contribution in [1.29, 1.82) is 0 Å². The second-order valence-corrected chi connectivity index (χ2v) is 7.49. The fourth-order valence-corrected chi connectivity index (χ4v) is 4.32. The van der Waals surface area contributed by atoms with E-state index in [1.54, 1.807) is 35.9 Å². The minimum atomic E-state index is -0.193. The summed E-state index contributed by atoms with van der Waals surface area (Å²) in [6.07, 6.45) is 2.49. The molecule has 0 atom stereocenters. The number of rotatable bonds is 5. The van der Waals surface area contributed by atoms with Crippen LogP contribution < -0.4 is 4.87 Å². The number of unbranched alkanes of at least 4 members (excludes halogenated alkanes) is 1. The summed E-state index contributed by atoms with van der Waals surface area (Å²) in [4.78, 5) is 37.8. The van der Waals surface area contributed by atoms with Gasteiger partial charge in [0.25, 0.3) is 11.8 Å². The number of carbonyl (C=O) groups is 2. The zero-order valence-corrected chi connectivity index (χ0v) is 15.2. The number of carbonyl (C=O) groups excluding carboxylic acids is 2. The van der Waals surface area contributed by atoms with E-state index >= 15 is 0 Å². The Balaban J connectivity index is 1.37. The maximum absolute atomic E-state index is 12.3. The van der Waals surface area contributed by atoms with Crippen molar-refractivity contribution < 1.29 is 9.59 Å². The van der Waals surface area contributed by atoms with Gasteiger partial charge in [-0.3, -0.25) is 19.3 Å². The van der Waals surface area contributed by atoms with E-state index in [1.807, 2.05) is 12.1 Å². The van der Waals surface area contributed by atoms with E-state index in [0.717, 1.165) is 29.5 Å². The summed E-state index contributed by atoms with van der Waals surface area (Å²) in [7, 11) is 1.78. The molecule has 132 valence electrons. The van der Waals surface area contributed by atoms with Gasteiger partial charge in [-0.25, -0.2) is 0 Å². The van der Waals surface area contributed by atoms with Gasteiger partial charge in [-0.15, -0.1) is 0 Å². The minimum absolute atomic E-state index is 0.0442. The van der Waals surface area contributed by atoms with Crippen LogP contribution in [0.15, 0.2) is 47.3 Å². The van der Waals surface area contributed by atoms with E-state index in [0.29, 0.717) is 17.7 Å². The molecule has 0 unspecified atom stereocenters. The highest BCUT2D eigenvalue weighted by molar-refractivity contribution is 7.16. The molecule has 3 aromatic rings. The highest BCUT2D eigenvalue weighted by Gasteiger charge is 2.34. The van der Waals surface area contributed by atoms with Crippen molar-refractivity contribution in [2.24, 2.45) is 7.05 Å². The molecule has 2 amide bonds. The van der Waals surface area contributed by atoms with Crippen LogP contribution in [0.5, 0.6) is 0 Å². The van der Waals surface area contributed by atoms with Crippen LogP contribution in [-0.4, -0.2) is 27.8 Å². The predicted octanol–water partition coefficient (Wildman–Crippen LogP) is 3.22.